The van der Waals surface area contributed by atoms with Crippen molar-refractivity contribution in [3.63, 3.8) is 0 Å². The Hall–Kier alpha value is -2.18. The molecule has 4 rings (SSSR count). The van der Waals surface area contributed by atoms with Crippen molar-refractivity contribution >= 4 is 28.5 Å². The molecule has 1 aliphatic heterocycles. The number of pyridine rings is 1. The number of hydrogen-bond donors (Lipinski definition) is 1. The van der Waals surface area contributed by atoms with Crippen molar-refractivity contribution in [2.24, 2.45) is 0 Å². The van der Waals surface area contributed by atoms with Crippen molar-refractivity contribution < 1.29 is 0 Å². The van der Waals surface area contributed by atoms with Crippen LogP contribution in [-0.4, -0.2) is 40.3 Å². The van der Waals surface area contributed by atoms with Gasteiger partial charge in [-0.05, 0) is 55.0 Å². The molecule has 1 fully saturated rings. The first-order chi connectivity index (χ1) is 12.8. The maximum absolute atomic E-state index is 4.60. The highest BCUT2D eigenvalue weighted by molar-refractivity contribution is 7.98. The fraction of sp³-hybridized carbons (Fsp3) is 0.350. The van der Waals surface area contributed by atoms with Crippen LogP contribution in [0, 0.1) is 0 Å². The second kappa shape index (κ2) is 8.01. The Kier molecular flexibility index (Phi) is 5.32. The molecule has 0 saturated carbocycles. The largest absolute Gasteiger partial charge is 0.356 e. The van der Waals surface area contributed by atoms with Gasteiger partial charge < -0.3 is 10.2 Å². The van der Waals surface area contributed by atoms with E-state index in [9.17, 15) is 0 Å². The fourth-order valence-corrected chi connectivity index (χ4v) is 3.90. The lowest BCUT2D eigenvalue weighted by Gasteiger charge is -2.33. The quantitative estimate of drug-likeness (QED) is 0.699. The standard InChI is InChI=1S/C20H23N5S/c1-26-17-2-3-19-18(12-17)20(24-14-23-19)25-10-6-16(7-11-25)22-13-15-4-8-21-9-5-15/h2-5,8-9,12,14,16,22H,6-7,10-11,13H2,1H3. The average molecular weight is 366 g/mol. The molecule has 5 nitrogen and oxygen atoms in total. The van der Waals surface area contributed by atoms with Gasteiger partial charge in [-0.2, -0.15) is 0 Å². The van der Waals surface area contributed by atoms with Gasteiger partial charge in [0.15, 0.2) is 0 Å². The van der Waals surface area contributed by atoms with E-state index in [1.807, 2.05) is 12.4 Å². The third-order valence-electron chi connectivity index (χ3n) is 4.96. The van der Waals surface area contributed by atoms with Gasteiger partial charge in [0.25, 0.3) is 0 Å². The van der Waals surface area contributed by atoms with Crippen LogP contribution in [0.15, 0.2) is 53.9 Å². The summed E-state index contributed by atoms with van der Waals surface area (Å²) in [7, 11) is 0. The maximum atomic E-state index is 4.60. The lowest BCUT2D eigenvalue weighted by atomic mass is 10.0. The van der Waals surface area contributed by atoms with Crippen LogP contribution in [0.3, 0.4) is 0 Å². The summed E-state index contributed by atoms with van der Waals surface area (Å²) < 4.78 is 0. The zero-order valence-corrected chi connectivity index (χ0v) is 15.7. The van der Waals surface area contributed by atoms with Crippen molar-refractivity contribution in [1.29, 1.82) is 0 Å². The number of nitrogens with zero attached hydrogens (tertiary/aromatic N) is 4. The number of piperidine rings is 1. The molecule has 1 N–H and O–H groups in total. The van der Waals surface area contributed by atoms with Gasteiger partial charge in [0.05, 0.1) is 5.52 Å². The molecule has 1 aromatic carbocycles. The van der Waals surface area contributed by atoms with E-state index in [4.69, 9.17) is 0 Å². The Balaban J connectivity index is 1.42. The maximum Gasteiger partial charge on any atom is 0.139 e. The van der Waals surface area contributed by atoms with Crippen LogP contribution in [0.4, 0.5) is 5.82 Å². The molecule has 0 radical (unpaired) electrons. The average Bonchev–Trinajstić information content (AvgIpc) is 2.72. The SMILES string of the molecule is CSc1ccc2ncnc(N3CCC(NCc4ccncc4)CC3)c2c1. The van der Waals surface area contributed by atoms with E-state index in [1.54, 1.807) is 18.1 Å². The molecule has 3 heterocycles. The van der Waals surface area contributed by atoms with E-state index in [1.165, 1.54) is 10.5 Å². The van der Waals surface area contributed by atoms with Crippen molar-refractivity contribution in [2.75, 3.05) is 24.2 Å². The predicted molar refractivity (Wildman–Crippen MR) is 108 cm³/mol. The zero-order valence-electron chi connectivity index (χ0n) is 14.9. The predicted octanol–water partition coefficient (Wildman–Crippen LogP) is 3.51. The normalized spacial score (nSPS) is 15.5. The highest BCUT2D eigenvalue weighted by atomic mass is 32.2. The summed E-state index contributed by atoms with van der Waals surface area (Å²) >= 11 is 1.76. The van der Waals surface area contributed by atoms with Crippen LogP contribution < -0.4 is 10.2 Å². The number of benzene rings is 1. The molecule has 1 saturated heterocycles. The molecule has 6 heteroatoms. The van der Waals surface area contributed by atoms with E-state index < -0.39 is 0 Å². The van der Waals surface area contributed by atoms with Crippen molar-refractivity contribution in [3.05, 3.63) is 54.6 Å². The lowest BCUT2D eigenvalue weighted by molar-refractivity contribution is 0.413. The van der Waals surface area contributed by atoms with E-state index in [0.29, 0.717) is 6.04 Å². The summed E-state index contributed by atoms with van der Waals surface area (Å²) in [6.07, 6.45) is 9.73. The minimum Gasteiger partial charge on any atom is -0.356 e. The van der Waals surface area contributed by atoms with E-state index >= 15 is 0 Å². The summed E-state index contributed by atoms with van der Waals surface area (Å²) in [5, 5.41) is 4.83. The van der Waals surface area contributed by atoms with Crippen molar-refractivity contribution in [2.45, 2.75) is 30.3 Å². The van der Waals surface area contributed by atoms with Crippen LogP contribution in [0.2, 0.25) is 0 Å². The van der Waals surface area contributed by atoms with Crippen molar-refractivity contribution in [3.8, 4) is 0 Å². The van der Waals surface area contributed by atoms with E-state index in [-0.39, 0.29) is 0 Å². The van der Waals surface area contributed by atoms with E-state index in [0.717, 1.165) is 49.2 Å². The second-order valence-electron chi connectivity index (χ2n) is 6.58. The first-order valence-corrected chi connectivity index (χ1v) is 10.2. The molecule has 134 valence electrons. The smallest absolute Gasteiger partial charge is 0.139 e. The van der Waals surface area contributed by atoms with Crippen molar-refractivity contribution in [1.82, 2.24) is 20.3 Å². The summed E-state index contributed by atoms with van der Waals surface area (Å²) in [6.45, 7) is 2.94. The van der Waals surface area contributed by atoms with Crippen LogP contribution in [0.1, 0.15) is 18.4 Å². The summed E-state index contributed by atoms with van der Waals surface area (Å²) in [5.74, 6) is 1.07. The third-order valence-corrected chi connectivity index (χ3v) is 5.69. The summed E-state index contributed by atoms with van der Waals surface area (Å²) in [6, 6.07) is 11.1. The van der Waals surface area contributed by atoms with Gasteiger partial charge in [-0.3, -0.25) is 4.98 Å². The molecular weight excluding hydrogens is 342 g/mol. The Morgan fingerprint density at radius 1 is 1.12 bits per heavy atom. The highest BCUT2D eigenvalue weighted by Crippen LogP contribution is 2.29. The molecule has 0 aliphatic carbocycles. The number of fused-ring (bicyclic) bond motifs is 1. The first-order valence-electron chi connectivity index (χ1n) is 8.99. The molecule has 26 heavy (non-hydrogen) atoms. The van der Waals surface area contributed by atoms with Gasteiger partial charge in [-0.15, -0.1) is 11.8 Å². The molecule has 0 unspecified atom stereocenters. The van der Waals surface area contributed by atoms with Crippen LogP contribution in [-0.2, 0) is 6.54 Å². The lowest BCUT2D eigenvalue weighted by Crippen LogP contribution is -2.42. The molecule has 1 aliphatic rings. The van der Waals surface area contributed by atoms with Crippen LogP contribution >= 0.6 is 11.8 Å². The molecule has 0 amide bonds. The molecular formula is C20H23N5S. The number of rotatable bonds is 5. The van der Waals surface area contributed by atoms with Crippen LogP contribution in [0.25, 0.3) is 10.9 Å². The summed E-state index contributed by atoms with van der Waals surface area (Å²) in [4.78, 5) is 16.8. The molecule has 2 aromatic heterocycles. The third kappa shape index (κ3) is 3.81. The first kappa shape index (κ1) is 17.2. The van der Waals surface area contributed by atoms with Gasteiger partial charge in [-0.1, -0.05) is 0 Å². The number of anilines is 1. The topological polar surface area (TPSA) is 53.9 Å². The van der Waals surface area contributed by atoms with Gasteiger partial charge in [0.2, 0.25) is 0 Å². The number of aromatic nitrogens is 3. The fourth-order valence-electron chi connectivity index (χ4n) is 3.46. The molecule has 0 spiro atoms. The van der Waals surface area contributed by atoms with Gasteiger partial charge >= 0.3 is 0 Å². The minimum absolute atomic E-state index is 0.550. The van der Waals surface area contributed by atoms with E-state index in [2.05, 4.69) is 61.8 Å². The molecule has 3 aromatic rings. The Labute approximate surface area is 158 Å². The number of thioether (sulfide) groups is 1. The van der Waals surface area contributed by atoms with Gasteiger partial charge in [0.1, 0.15) is 12.1 Å². The monoisotopic (exact) mass is 365 g/mol. The molecule has 0 bridgehead atoms. The van der Waals surface area contributed by atoms with Crippen LogP contribution in [0.5, 0.6) is 0 Å². The Morgan fingerprint density at radius 2 is 1.92 bits per heavy atom. The highest BCUT2D eigenvalue weighted by Gasteiger charge is 2.21. The van der Waals surface area contributed by atoms with Gasteiger partial charge in [0, 0.05) is 48.4 Å². The zero-order chi connectivity index (χ0) is 17.8. The number of nitrogens with one attached hydrogen (secondary N) is 1. The Morgan fingerprint density at radius 3 is 2.69 bits per heavy atom. The Bertz CT molecular complexity index is 862. The minimum atomic E-state index is 0.550. The second-order valence-corrected chi connectivity index (χ2v) is 7.46. The van der Waals surface area contributed by atoms with Gasteiger partial charge in [-0.25, -0.2) is 9.97 Å². The number of hydrogen-bond acceptors (Lipinski definition) is 6. The molecule has 0 atom stereocenters. The summed E-state index contributed by atoms with van der Waals surface area (Å²) in [5.41, 5.74) is 2.31.